The summed E-state index contributed by atoms with van der Waals surface area (Å²) in [5.41, 5.74) is 16.6. The smallest absolute Gasteiger partial charge is 0.143 e. The topological polar surface area (TPSA) is 16.4 Å². The first-order chi connectivity index (χ1) is 30.3. The molecule has 1 aliphatic rings. The van der Waals surface area contributed by atoms with Crippen molar-refractivity contribution in [3.63, 3.8) is 0 Å². The zero-order chi connectivity index (χ0) is 40.3. The van der Waals surface area contributed by atoms with Crippen LogP contribution >= 0.6 is 0 Å². The number of nitrogens with zero attached hydrogens (tertiary/aromatic N) is 1. The first-order valence-electron chi connectivity index (χ1n) is 21.0. The van der Waals surface area contributed by atoms with Crippen molar-refractivity contribution < 1.29 is 4.42 Å². The average molecular weight is 778 g/mol. The van der Waals surface area contributed by atoms with Gasteiger partial charge in [0.1, 0.15) is 11.2 Å². The monoisotopic (exact) mass is 777 g/mol. The van der Waals surface area contributed by atoms with Crippen LogP contribution < -0.4 is 4.90 Å². The Morgan fingerprint density at radius 3 is 1.79 bits per heavy atom. The minimum Gasteiger partial charge on any atom is -0.455 e. The van der Waals surface area contributed by atoms with Crippen LogP contribution in [0.25, 0.3) is 66.1 Å². The quantitative estimate of drug-likeness (QED) is 0.160. The standard InChI is InChI=1S/C59H39NO/c1-3-19-45(20-4-1)59(46-21-5-2-6-22-46)53-28-11-9-25-52(53)57-54(59)29-15-30-55(57)60(48-23-13-18-43(39-48)44-33-32-40-16-7-8-17-42(40)38-44)47-36-34-41(35-37-47)49-26-14-27-51-50-24-10-12-31-56(50)61-58(49)51/h1-39H. The minimum absolute atomic E-state index is 0.516. The fourth-order valence-electron chi connectivity index (χ4n) is 10.0. The van der Waals surface area contributed by atoms with E-state index < -0.39 is 5.41 Å². The number of hydrogen-bond donors (Lipinski definition) is 0. The van der Waals surface area contributed by atoms with Crippen LogP contribution in [0.4, 0.5) is 17.1 Å². The molecule has 1 aliphatic carbocycles. The molecule has 0 saturated carbocycles. The highest BCUT2D eigenvalue weighted by molar-refractivity contribution is 6.09. The molecular weight excluding hydrogens is 739 g/mol. The predicted molar refractivity (Wildman–Crippen MR) is 254 cm³/mol. The molecule has 0 N–H and O–H groups in total. The summed E-state index contributed by atoms with van der Waals surface area (Å²) >= 11 is 0. The molecular formula is C59H39NO. The third-order valence-corrected chi connectivity index (χ3v) is 12.7. The van der Waals surface area contributed by atoms with Crippen molar-refractivity contribution in [3.05, 3.63) is 259 Å². The van der Waals surface area contributed by atoms with Crippen LogP contribution in [0.2, 0.25) is 0 Å². The van der Waals surface area contributed by atoms with Gasteiger partial charge in [-0.05, 0) is 97.7 Å². The van der Waals surface area contributed by atoms with Gasteiger partial charge in [-0.3, -0.25) is 0 Å². The zero-order valence-corrected chi connectivity index (χ0v) is 33.4. The maximum Gasteiger partial charge on any atom is 0.143 e. The van der Waals surface area contributed by atoms with Gasteiger partial charge in [-0.2, -0.15) is 0 Å². The Bertz CT molecular complexity index is 3380. The molecule has 0 aliphatic heterocycles. The van der Waals surface area contributed by atoms with Crippen molar-refractivity contribution in [1.82, 2.24) is 0 Å². The molecule has 2 nitrogen and oxygen atoms in total. The van der Waals surface area contributed by atoms with E-state index in [-0.39, 0.29) is 0 Å². The molecule has 0 bridgehead atoms. The number of benzene rings is 10. The van der Waals surface area contributed by atoms with Crippen molar-refractivity contribution in [1.29, 1.82) is 0 Å². The second-order valence-corrected chi connectivity index (χ2v) is 16.0. The highest BCUT2D eigenvalue weighted by atomic mass is 16.3. The lowest BCUT2D eigenvalue weighted by Crippen LogP contribution is -2.28. The number of hydrogen-bond acceptors (Lipinski definition) is 2. The van der Waals surface area contributed by atoms with Crippen molar-refractivity contribution in [2.75, 3.05) is 4.90 Å². The molecule has 2 heteroatoms. The van der Waals surface area contributed by atoms with E-state index in [1.54, 1.807) is 0 Å². The van der Waals surface area contributed by atoms with Crippen molar-refractivity contribution in [2.24, 2.45) is 0 Å². The Kier molecular flexibility index (Phi) is 8.11. The van der Waals surface area contributed by atoms with E-state index in [1.165, 1.54) is 49.7 Å². The van der Waals surface area contributed by atoms with Crippen LogP contribution in [0.3, 0.4) is 0 Å². The maximum atomic E-state index is 6.50. The van der Waals surface area contributed by atoms with Gasteiger partial charge in [0.2, 0.25) is 0 Å². The first-order valence-corrected chi connectivity index (χ1v) is 21.0. The summed E-state index contributed by atoms with van der Waals surface area (Å²) in [6, 6.07) is 86.1. The molecule has 1 aromatic heterocycles. The van der Waals surface area contributed by atoms with Gasteiger partial charge in [0, 0.05) is 33.3 Å². The number of rotatable bonds is 7. The lowest BCUT2D eigenvalue weighted by Gasteiger charge is -2.34. The van der Waals surface area contributed by atoms with Crippen LogP contribution in [0.1, 0.15) is 22.3 Å². The molecule has 0 spiro atoms. The van der Waals surface area contributed by atoms with Gasteiger partial charge in [0.05, 0.1) is 11.1 Å². The fourth-order valence-corrected chi connectivity index (χ4v) is 10.0. The SMILES string of the molecule is c1ccc(C2(c3ccccc3)c3ccccc3-c3c(N(c4ccc(-c5cccc6c5oc5ccccc56)cc4)c4cccc(-c5ccc6ccccc6c5)c4)cccc32)cc1. The molecule has 0 radical (unpaired) electrons. The lowest BCUT2D eigenvalue weighted by atomic mass is 9.68. The van der Waals surface area contributed by atoms with E-state index in [9.17, 15) is 0 Å². The summed E-state index contributed by atoms with van der Waals surface area (Å²) in [6.45, 7) is 0. The molecule has 0 unspecified atom stereocenters. The zero-order valence-electron chi connectivity index (χ0n) is 33.4. The second-order valence-electron chi connectivity index (χ2n) is 16.0. The molecule has 11 aromatic rings. The molecule has 12 rings (SSSR count). The summed E-state index contributed by atoms with van der Waals surface area (Å²) in [7, 11) is 0. The van der Waals surface area contributed by atoms with Gasteiger partial charge in [0.25, 0.3) is 0 Å². The Labute approximate surface area is 355 Å². The van der Waals surface area contributed by atoms with Gasteiger partial charge in [-0.25, -0.2) is 0 Å². The van der Waals surface area contributed by atoms with Gasteiger partial charge in [-0.1, -0.05) is 194 Å². The summed E-state index contributed by atoms with van der Waals surface area (Å²) in [5.74, 6) is 0. The van der Waals surface area contributed by atoms with E-state index in [0.29, 0.717) is 0 Å². The van der Waals surface area contributed by atoms with Crippen molar-refractivity contribution >= 4 is 49.8 Å². The Hall–Kier alpha value is -7.94. The lowest BCUT2D eigenvalue weighted by molar-refractivity contribution is 0.670. The van der Waals surface area contributed by atoms with E-state index in [4.69, 9.17) is 4.42 Å². The summed E-state index contributed by atoms with van der Waals surface area (Å²) in [4.78, 5) is 2.46. The largest absolute Gasteiger partial charge is 0.455 e. The first kappa shape index (κ1) is 35.0. The third kappa shape index (κ3) is 5.50. The van der Waals surface area contributed by atoms with Gasteiger partial charge >= 0.3 is 0 Å². The number of fused-ring (bicyclic) bond motifs is 7. The molecule has 0 fully saturated rings. The van der Waals surface area contributed by atoms with Crippen LogP contribution in [0, 0.1) is 0 Å². The molecule has 0 atom stereocenters. The number of anilines is 3. The van der Waals surface area contributed by atoms with E-state index >= 15 is 0 Å². The Balaban J connectivity index is 1.09. The highest BCUT2D eigenvalue weighted by Gasteiger charge is 2.47. The third-order valence-electron chi connectivity index (χ3n) is 12.7. The van der Waals surface area contributed by atoms with Gasteiger partial charge in [0.15, 0.2) is 0 Å². The Morgan fingerprint density at radius 2 is 0.967 bits per heavy atom. The van der Waals surface area contributed by atoms with Gasteiger partial charge in [-0.15, -0.1) is 0 Å². The summed E-state index contributed by atoms with van der Waals surface area (Å²) < 4.78 is 6.50. The molecule has 1 heterocycles. The van der Waals surface area contributed by atoms with Crippen LogP contribution in [-0.4, -0.2) is 0 Å². The predicted octanol–water partition coefficient (Wildman–Crippen LogP) is 15.9. The number of para-hydroxylation sites is 2. The molecule has 286 valence electrons. The normalized spacial score (nSPS) is 12.7. The van der Waals surface area contributed by atoms with E-state index in [1.807, 2.05) is 12.1 Å². The van der Waals surface area contributed by atoms with Crippen LogP contribution in [0.15, 0.2) is 241 Å². The molecule has 61 heavy (non-hydrogen) atoms. The summed E-state index contributed by atoms with van der Waals surface area (Å²) in [6.07, 6.45) is 0. The maximum absolute atomic E-state index is 6.50. The van der Waals surface area contributed by atoms with Crippen molar-refractivity contribution in [2.45, 2.75) is 5.41 Å². The molecule has 10 aromatic carbocycles. The fraction of sp³-hybridized carbons (Fsp3) is 0.0169. The van der Waals surface area contributed by atoms with Gasteiger partial charge < -0.3 is 9.32 Å². The highest BCUT2D eigenvalue weighted by Crippen LogP contribution is 2.59. The van der Waals surface area contributed by atoms with Crippen LogP contribution in [0.5, 0.6) is 0 Å². The summed E-state index contributed by atoms with van der Waals surface area (Å²) in [5, 5.41) is 4.73. The Morgan fingerprint density at radius 1 is 0.361 bits per heavy atom. The van der Waals surface area contributed by atoms with E-state index in [2.05, 4.69) is 229 Å². The van der Waals surface area contributed by atoms with Crippen molar-refractivity contribution in [3.8, 4) is 33.4 Å². The van der Waals surface area contributed by atoms with E-state index in [0.717, 1.165) is 55.7 Å². The second kappa shape index (κ2) is 14.1. The molecule has 0 amide bonds. The van der Waals surface area contributed by atoms with Crippen LogP contribution in [-0.2, 0) is 5.41 Å². The average Bonchev–Trinajstić information content (AvgIpc) is 3.87. The minimum atomic E-state index is -0.516. The molecule has 0 saturated heterocycles. The number of furan rings is 1.